The Kier molecular flexibility index (Phi) is 8.53. The summed E-state index contributed by atoms with van der Waals surface area (Å²) in [6.45, 7) is 7.36. The fourth-order valence-electron chi connectivity index (χ4n) is 3.37. The Labute approximate surface area is 163 Å². The number of halogens is 1. The first-order valence-corrected chi connectivity index (χ1v) is 10.4. The zero-order chi connectivity index (χ0) is 18.6. The predicted octanol–water partition coefficient (Wildman–Crippen LogP) is 2.40. The van der Waals surface area contributed by atoms with E-state index < -0.39 is 10.0 Å². The van der Waals surface area contributed by atoms with Gasteiger partial charge >= 0.3 is 0 Å². The maximum Gasteiger partial charge on any atom is 0.254 e. The van der Waals surface area contributed by atoms with E-state index >= 15 is 0 Å². The van der Waals surface area contributed by atoms with E-state index in [1.54, 1.807) is 30.9 Å². The number of sulfonamides is 1. The van der Waals surface area contributed by atoms with Crippen molar-refractivity contribution in [3.63, 3.8) is 0 Å². The minimum atomic E-state index is -3.59. The molecule has 2 N–H and O–H groups in total. The van der Waals surface area contributed by atoms with Crippen LogP contribution < -0.4 is 5.73 Å². The predicted molar refractivity (Wildman–Crippen MR) is 106 cm³/mol. The zero-order valence-corrected chi connectivity index (χ0v) is 17.4. The number of carbonyl (C=O) groups is 1. The van der Waals surface area contributed by atoms with Crippen molar-refractivity contribution in [2.75, 3.05) is 26.2 Å². The first kappa shape index (κ1) is 22.9. The number of benzene rings is 1. The Morgan fingerprint density at radius 1 is 1.27 bits per heavy atom. The lowest BCUT2D eigenvalue weighted by atomic mass is 9.99. The second-order valence-corrected chi connectivity index (χ2v) is 8.39. The molecule has 1 amide bonds. The summed E-state index contributed by atoms with van der Waals surface area (Å²) in [5.41, 5.74) is 7.06. The van der Waals surface area contributed by atoms with Crippen LogP contribution in [0.5, 0.6) is 0 Å². The Hall–Kier alpha value is -1.15. The molecule has 1 aliphatic heterocycles. The van der Waals surface area contributed by atoms with Gasteiger partial charge in [0.25, 0.3) is 5.91 Å². The van der Waals surface area contributed by atoms with Crippen LogP contribution in [-0.2, 0) is 10.0 Å². The average Bonchev–Trinajstić information content (AvgIpc) is 2.62. The second kappa shape index (κ2) is 9.69. The molecule has 1 fully saturated rings. The number of nitrogens with two attached hydrogens (primary N) is 1. The van der Waals surface area contributed by atoms with Crippen molar-refractivity contribution in [2.24, 2.45) is 5.73 Å². The van der Waals surface area contributed by atoms with E-state index in [0.29, 0.717) is 31.7 Å². The molecule has 0 spiro atoms. The molecule has 0 aromatic heterocycles. The molecule has 6 nitrogen and oxygen atoms in total. The van der Waals surface area contributed by atoms with Crippen molar-refractivity contribution < 1.29 is 13.2 Å². The van der Waals surface area contributed by atoms with Crippen molar-refractivity contribution in [3.05, 3.63) is 29.3 Å². The summed E-state index contributed by atoms with van der Waals surface area (Å²) in [4.78, 5) is 15.0. The highest BCUT2D eigenvalue weighted by atomic mass is 35.5. The maximum atomic E-state index is 13.0. The van der Waals surface area contributed by atoms with Crippen molar-refractivity contribution >= 4 is 28.3 Å². The first-order valence-electron chi connectivity index (χ1n) is 8.98. The third kappa shape index (κ3) is 4.57. The normalized spacial score (nSPS) is 17.9. The molecule has 2 rings (SSSR count). The number of carbonyl (C=O) groups excluding carboxylic acids is 1. The molecule has 148 valence electrons. The minimum absolute atomic E-state index is 0. The van der Waals surface area contributed by atoms with Crippen molar-refractivity contribution in [1.29, 1.82) is 0 Å². The number of hydrogen-bond acceptors (Lipinski definition) is 4. The second-order valence-electron chi connectivity index (χ2n) is 6.45. The van der Waals surface area contributed by atoms with E-state index in [4.69, 9.17) is 5.73 Å². The van der Waals surface area contributed by atoms with Gasteiger partial charge in [0, 0.05) is 37.8 Å². The molecule has 1 aliphatic rings. The van der Waals surface area contributed by atoms with E-state index in [0.717, 1.165) is 24.8 Å². The van der Waals surface area contributed by atoms with E-state index in [1.165, 1.54) is 10.4 Å². The molecule has 1 atom stereocenters. The van der Waals surface area contributed by atoms with Gasteiger partial charge in [-0.2, -0.15) is 4.31 Å². The summed E-state index contributed by atoms with van der Waals surface area (Å²) in [5, 5.41) is 0. The van der Waals surface area contributed by atoms with Crippen LogP contribution in [0.1, 0.15) is 49.0 Å². The molecular formula is C18H30ClN3O3S. The number of rotatable bonds is 6. The molecule has 1 aromatic rings. The monoisotopic (exact) mass is 403 g/mol. The van der Waals surface area contributed by atoms with Crippen LogP contribution in [0.3, 0.4) is 0 Å². The van der Waals surface area contributed by atoms with Gasteiger partial charge < -0.3 is 10.6 Å². The maximum absolute atomic E-state index is 13.0. The molecule has 8 heteroatoms. The molecule has 1 aromatic carbocycles. The van der Waals surface area contributed by atoms with Gasteiger partial charge in [-0.1, -0.05) is 19.9 Å². The lowest BCUT2D eigenvalue weighted by molar-refractivity contribution is 0.0622. The average molecular weight is 404 g/mol. The van der Waals surface area contributed by atoms with Crippen LogP contribution in [0, 0.1) is 6.92 Å². The van der Waals surface area contributed by atoms with E-state index in [1.807, 2.05) is 6.92 Å². The first-order chi connectivity index (χ1) is 11.9. The number of likely N-dealkylation sites (tertiary alicyclic amines) is 1. The van der Waals surface area contributed by atoms with E-state index in [2.05, 4.69) is 0 Å². The smallest absolute Gasteiger partial charge is 0.254 e. The molecule has 1 heterocycles. The molecule has 1 unspecified atom stereocenters. The summed E-state index contributed by atoms with van der Waals surface area (Å²) in [6, 6.07) is 4.85. The largest absolute Gasteiger partial charge is 0.334 e. The quantitative estimate of drug-likeness (QED) is 0.790. The van der Waals surface area contributed by atoms with Crippen LogP contribution in [0.25, 0.3) is 0 Å². The van der Waals surface area contributed by atoms with Gasteiger partial charge in [-0.15, -0.1) is 12.4 Å². The van der Waals surface area contributed by atoms with Crippen LogP contribution in [0.4, 0.5) is 0 Å². The summed E-state index contributed by atoms with van der Waals surface area (Å²) < 4.78 is 26.9. The number of hydrogen-bond donors (Lipinski definition) is 1. The highest BCUT2D eigenvalue weighted by molar-refractivity contribution is 7.89. The van der Waals surface area contributed by atoms with Crippen LogP contribution in [0.2, 0.25) is 0 Å². The molecule has 26 heavy (non-hydrogen) atoms. The summed E-state index contributed by atoms with van der Waals surface area (Å²) in [5.74, 6) is -0.121. The fourth-order valence-corrected chi connectivity index (χ4v) is 4.86. The molecule has 0 aliphatic carbocycles. The van der Waals surface area contributed by atoms with Gasteiger partial charge in [-0.25, -0.2) is 8.42 Å². The lowest BCUT2D eigenvalue weighted by Gasteiger charge is -2.35. The minimum Gasteiger partial charge on any atom is -0.334 e. The number of aryl methyl sites for hydroxylation is 1. The third-order valence-electron chi connectivity index (χ3n) is 4.94. The Morgan fingerprint density at radius 2 is 1.92 bits per heavy atom. The Morgan fingerprint density at radius 3 is 2.50 bits per heavy atom. The number of nitrogens with zero attached hydrogens (tertiary/aromatic N) is 2. The topological polar surface area (TPSA) is 83.7 Å². The molecular weight excluding hydrogens is 374 g/mol. The molecule has 0 radical (unpaired) electrons. The number of amides is 1. The van der Waals surface area contributed by atoms with Gasteiger partial charge in [-0.3, -0.25) is 4.79 Å². The van der Waals surface area contributed by atoms with Gasteiger partial charge in [-0.05, 0) is 43.9 Å². The summed E-state index contributed by atoms with van der Waals surface area (Å²) in [6.07, 6.45) is 2.93. The van der Waals surface area contributed by atoms with Crippen molar-refractivity contribution in [2.45, 2.75) is 51.0 Å². The van der Waals surface area contributed by atoms with Crippen molar-refractivity contribution in [1.82, 2.24) is 9.21 Å². The van der Waals surface area contributed by atoms with E-state index in [9.17, 15) is 13.2 Å². The standard InChI is InChI=1S/C18H29N3O3S.ClH/c1-4-20(5-2)25(23,24)16-10-9-14(3)17(12-16)18(22)21-11-7-6-8-15(21)13-19;/h9-10,12,15H,4-8,11,13,19H2,1-3H3;1H. The molecule has 0 saturated carbocycles. The van der Waals surface area contributed by atoms with Crippen LogP contribution in [0.15, 0.2) is 23.1 Å². The van der Waals surface area contributed by atoms with Crippen LogP contribution in [-0.4, -0.2) is 55.8 Å². The fraction of sp³-hybridized carbons (Fsp3) is 0.611. The SMILES string of the molecule is CCN(CC)S(=O)(=O)c1ccc(C)c(C(=O)N2CCCCC2CN)c1.Cl. The van der Waals surface area contributed by atoms with Gasteiger partial charge in [0.05, 0.1) is 4.90 Å². The van der Waals surface area contributed by atoms with Gasteiger partial charge in [0.2, 0.25) is 10.0 Å². The van der Waals surface area contributed by atoms with Crippen molar-refractivity contribution in [3.8, 4) is 0 Å². The lowest BCUT2D eigenvalue weighted by Crippen LogP contribution is -2.47. The van der Waals surface area contributed by atoms with E-state index in [-0.39, 0.29) is 29.3 Å². The Bertz CT molecular complexity index is 720. The highest BCUT2D eigenvalue weighted by Gasteiger charge is 2.29. The number of piperidine rings is 1. The summed E-state index contributed by atoms with van der Waals surface area (Å²) >= 11 is 0. The Balaban J connectivity index is 0.00000338. The summed E-state index contributed by atoms with van der Waals surface area (Å²) in [7, 11) is -3.59. The molecule has 1 saturated heterocycles. The third-order valence-corrected chi connectivity index (χ3v) is 6.99. The highest BCUT2D eigenvalue weighted by Crippen LogP contribution is 2.24. The van der Waals surface area contributed by atoms with Gasteiger partial charge in [0.15, 0.2) is 0 Å². The van der Waals surface area contributed by atoms with Crippen LogP contribution >= 0.6 is 12.4 Å². The zero-order valence-electron chi connectivity index (χ0n) is 15.8. The van der Waals surface area contributed by atoms with Gasteiger partial charge in [0.1, 0.15) is 0 Å². The molecule has 0 bridgehead atoms.